The molecule has 0 saturated heterocycles. The number of aryl methyl sites for hydroxylation is 1. The average Bonchev–Trinajstić information content (AvgIpc) is 2.79. The second kappa shape index (κ2) is 14.6. The van der Waals surface area contributed by atoms with Gasteiger partial charge in [-0.3, -0.25) is 9.59 Å². The number of Topliss-reactive ketones (excluding diaryl/α,β-unsaturated/α-hetero) is 2. The highest BCUT2D eigenvalue weighted by Gasteiger charge is 2.29. The topological polar surface area (TPSA) is 71.5 Å². The van der Waals surface area contributed by atoms with Crippen LogP contribution in [0.1, 0.15) is 70.8 Å². The second-order valence-corrected chi connectivity index (χ2v) is 10.1. The summed E-state index contributed by atoms with van der Waals surface area (Å²) in [5.74, 6) is -0.359. The molecule has 0 heterocycles. The molecule has 0 saturated carbocycles. The molecule has 1 rings (SSSR count). The quantitative estimate of drug-likeness (QED) is 0.176. The predicted octanol–water partition coefficient (Wildman–Crippen LogP) is 5.71. The van der Waals surface area contributed by atoms with E-state index in [1.165, 1.54) is 12.1 Å². The number of nitrogens with zero attached hydrogens (tertiary/aromatic N) is 1. The van der Waals surface area contributed by atoms with Crippen molar-refractivity contribution in [1.82, 2.24) is 4.31 Å². The number of ketones is 2. The second-order valence-electron chi connectivity index (χ2n) is 8.16. The highest BCUT2D eigenvalue weighted by atomic mass is 32.2. The van der Waals surface area contributed by atoms with Crippen LogP contribution in [0.4, 0.5) is 0 Å². The zero-order chi connectivity index (χ0) is 24.9. The molecule has 0 aliphatic heterocycles. The van der Waals surface area contributed by atoms with E-state index in [1.807, 2.05) is 20.8 Å². The summed E-state index contributed by atoms with van der Waals surface area (Å²) in [5, 5.41) is 0. The van der Waals surface area contributed by atoms with Crippen molar-refractivity contribution in [3.63, 3.8) is 0 Å². The first-order chi connectivity index (χ1) is 15.7. The first-order valence-electron chi connectivity index (χ1n) is 11.6. The molecule has 6 heteroatoms. The first-order valence-corrected chi connectivity index (χ1v) is 13.1. The monoisotopic (exact) mass is 471 g/mol. The summed E-state index contributed by atoms with van der Waals surface area (Å²) in [6.45, 7) is 12.8. The highest BCUT2D eigenvalue weighted by Crippen LogP contribution is 2.21. The Balaban J connectivity index is 3.26. The molecule has 0 aliphatic carbocycles. The summed E-state index contributed by atoms with van der Waals surface area (Å²) in [5.41, 5.74) is 6.59. The lowest BCUT2D eigenvalue weighted by Crippen LogP contribution is -2.36. The van der Waals surface area contributed by atoms with Crippen LogP contribution in [0.25, 0.3) is 0 Å². The smallest absolute Gasteiger partial charge is 0.243 e. The lowest BCUT2D eigenvalue weighted by atomic mass is 10.0. The number of unbranched alkanes of at least 4 members (excludes halogenated alkanes) is 4. The number of rotatable bonds is 16. The normalized spacial score (nSPS) is 11.0. The van der Waals surface area contributed by atoms with Gasteiger partial charge in [0.25, 0.3) is 0 Å². The van der Waals surface area contributed by atoms with Crippen LogP contribution in [0.2, 0.25) is 0 Å². The Morgan fingerprint density at radius 3 is 1.61 bits per heavy atom. The minimum atomic E-state index is -3.99. The van der Waals surface area contributed by atoms with Crippen LogP contribution < -0.4 is 0 Å². The van der Waals surface area contributed by atoms with Crippen molar-refractivity contribution in [2.45, 2.75) is 77.0 Å². The third-order valence-electron chi connectivity index (χ3n) is 5.44. The van der Waals surface area contributed by atoms with E-state index in [0.717, 1.165) is 48.4 Å². The van der Waals surface area contributed by atoms with E-state index in [1.54, 1.807) is 12.1 Å². The maximum atomic E-state index is 13.5. The Morgan fingerprint density at radius 2 is 1.24 bits per heavy atom. The van der Waals surface area contributed by atoms with E-state index >= 15 is 0 Å². The van der Waals surface area contributed by atoms with Gasteiger partial charge >= 0.3 is 0 Å². The Labute approximate surface area is 199 Å². The molecule has 0 radical (unpaired) electrons. The van der Waals surface area contributed by atoms with Gasteiger partial charge in [0.2, 0.25) is 10.0 Å². The molecule has 5 nitrogen and oxygen atoms in total. The highest BCUT2D eigenvalue weighted by molar-refractivity contribution is 7.89. The Hall–Kier alpha value is -2.49. The number of sulfonamides is 1. The zero-order valence-corrected chi connectivity index (χ0v) is 21.1. The summed E-state index contributed by atoms with van der Waals surface area (Å²) in [6, 6.07) is 6.48. The van der Waals surface area contributed by atoms with Crippen molar-refractivity contribution in [2.75, 3.05) is 13.1 Å². The maximum absolute atomic E-state index is 13.5. The third-order valence-corrected chi connectivity index (χ3v) is 7.25. The van der Waals surface area contributed by atoms with Crippen molar-refractivity contribution in [1.29, 1.82) is 0 Å². The van der Waals surface area contributed by atoms with E-state index in [4.69, 9.17) is 0 Å². The number of hydrogen-bond donors (Lipinski definition) is 0. The lowest BCUT2D eigenvalue weighted by Gasteiger charge is -2.23. The van der Waals surface area contributed by atoms with Gasteiger partial charge in [-0.05, 0) is 31.9 Å². The first kappa shape index (κ1) is 28.5. The molecule has 180 valence electrons. The van der Waals surface area contributed by atoms with Crippen LogP contribution in [-0.4, -0.2) is 37.4 Å². The van der Waals surface area contributed by atoms with Gasteiger partial charge in [-0.1, -0.05) is 70.4 Å². The number of carbonyl (C=O) groups excluding carboxylic acids is 2. The van der Waals surface area contributed by atoms with Crippen LogP contribution >= 0.6 is 0 Å². The molecule has 0 spiro atoms. The predicted molar refractivity (Wildman–Crippen MR) is 134 cm³/mol. The van der Waals surface area contributed by atoms with Crippen molar-refractivity contribution in [3.8, 4) is 0 Å². The maximum Gasteiger partial charge on any atom is 0.243 e. The van der Waals surface area contributed by atoms with Crippen molar-refractivity contribution < 1.29 is 18.0 Å². The summed E-state index contributed by atoms with van der Waals surface area (Å²) in [7, 11) is -3.99. The average molecular weight is 472 g/mol. The van der Waals surface area contributed by atoms with Gasteiger partial charge in [-0.25, -0.2) is 8.42 Å². The van der Waals surface area contributed by atoms with Gasteiger partial charge in [0.15, 0.2) is 11.6 Å². The van der Waals surface area contributed by atoms with Gasteiger partial charge < -0.3 is 0 Å². The Kier molecular flexibility index (Phi) is 12.6. The molecule has 0 amide bonds. The van der Waals surface area contributed by atoms with Gasteiger partial charge in [-0.2, -0.15) is 4.31 Å². The molecule has 33 heavy (non-hydrogen) atoms. The third kappa shape index (κ3) is 9.11. The molecule has 1 aromatic carbocycles. The molecule has 1 aromatic rings. The summed E-state index contributed by atoms with van der Waals surface area (Å²) in [4.78, 5) is 25.5. The number of benzene rings is 1. The van der Waals surface area contributed by atoms with E-state index in [-0.39, 0.29) is 40.7 Å². The molecule has 0 fully saturated rings. The van der Waals surface area contributed by atoms with Crippen LogP contribution in [0.15, 0.2) is 64.9 Å². The fourth-order valence-corrected chi connectivity index (χ4v) is 4.67. The molecular formula is C27H37NO4S. The zero-order valence-electron chi connectivity index (χ0n) is 20.3. The van der Waals surface area contributed by atoms with E-state index < -0.39 is 10.0 Å². The minimum absolute atomic E-state index is 0.0942. The van der Waals surface area contributed by atoms with Crippen molar-refractivity contribution >= 4 is 21.6 Å². The molecule has 0 aromatic heterocycles. The molecular weight excluding hydrogens is 434 g/mol. The fraction of sp³-hybridized carbons (Fsp3) is 0.481. The Bertz CT molecular complexity index is 963. The molecule has 0 unspecified atom stereocenters. The largest absolute Gasteiger partial charge is 0.294 e. The Morgan fingerprint density at radius 1 is 0.818 bits per heavy atom. The molecule has 0 bridgehead atoms. The van der Waals surface area contributed by atoms with Gasteiger partial charge in [0.1, 0.15) is 0 Å². The molecule has 0 N–H and O–H groups in total. The van der Waals surface area contributed by atoms with Crippen molar-refractivity contribution in [3.05, 3.63) is 65.6 Å². The van der Waals surface area contributed by atoms with Crippen LogP contribution in [0.5, 0.6) is 0 Å². The van der Waals surface area contributed by atoms with Crippen LogP contribution in [0.3, 0.4) is 0 Å². The standard InChI is InChI=1S/C27H37NO4S/c1-6-10-12-14-26(29)23(8-3)20-28(21-24(9-4)27(30)15-13-11-7-2)33(31,32)25-18-16-22(5)17-19-25/h16-19H,3-4,6-7,10-15,20-21H2,1-2,5H3. The number of hydrogen-bond acceptors (Lipinski definition) is 4. The summed E-state index contributed by atoms with van der Waals surface area (Å²) < 4.78 is 28.1. The fourth-order valence-electron chi connectivity index (χ4n) is 3.30. The SMILES string of the molecule is C=C=C(CN(CC(=C=C)C(=O)CCCCC)S(=O)(=O)c1ccc(C)cc1)C(=O)CCCCC. The van der Waals surface area contributed by atoms with Crippen LogP contribution in [-0.2, 0) is 19.6 Å². The van der Waals surface area contributed by atoms with Gasteiger partial charge in [0, 0.05) is 12.8 Å². The minimum Gasteiger partial charge on any atom is -0.294 e. The van der Waals surface area contributed by atoms with Gasteiger partial charge in [0.05, 0.1) is 29.1 Å². The summed E-state index contributed by atoms with van der Waals surface area (Å²) in [6.07, 6.45) is 5.84. The van der Waals surface area contributed by atoms with Crippen LogP contribution in [0, 0.1) is 6.92 Å². The van der Waals surface area contributed by atoms with Crippen molar-refractivity contribution in [2.24, 2.45) is 0 Å². The molecule has 0 atom stereocenters. The van der Waals surface area contributed by atoms with E-state index in [9.17, 15) is 18.0 Å². The number of carbonyl (C=O) groups is 2. The van der Waals surface area contributed by atoms with E-state index in [2.05, 4.69) is 24.6 Å². The summed E-state index contributed by atoms with van der Waals surface area (Å²) >= 11 is 0. The molecule has 0 aliphatic rings. The lowest BCUT2D eigenvalue weighted by molar-refractivity contribution is -0.116. The van der Waals surface area contributed by atoms with E-state index in [0.29, 0.717) is 12.8 Å². The van der Waals surface area contributed by atoms with Gasteiger partial charge in [-0.15, -0.1) is 11.5 Å².